The van der Waals surface area contributed by atoms with Crippen LogP contribution in [0.3, 0.4) is 0 Å². The summed E-state index contributed by atoms with van der Waals surface area (Å²) in [6, 6.07) is 6.56. The molecule has 1 aliphatic rings. The number of aryl methyl sites for hydroxylation is 1. The Balaban J connectivity index is 1.88. The van der Waals surface area contributed by atoms with Crippen molar-refractivity contribution in [2.45, 2.75) is 70.9 Å². The molecule has 1 amide bonds. The Kier molecular flexibility index (Phi) is 6.90. The molecular formula is C18H28BrN2O+. The summed E-state index contributed by atoms with van der Waals surface area (Å²) < 4.78 is 0.944. The summed E-state index contributed by atoms with van der Waals surface area (Å²) in [6.45, 7) is 4.05. The highest BCUT2D eigenvalue weighted by atomic mass is 79.9. The fourth-order valence-corrected chi connectivity index (χ4v) is 3.74. The van der Waals surface area contributed by atoms with Crippen molar-refractivity contribution in [3.8, 4) is 0 Å². The lowest BCUT2D eigenvalue weighted by Gasteiger charge is -2.21. The average Bonchev–Trinajstić information content (AvgIpc) is 2.44. The van der Waals surface area contributed by atoms with Gasteiger partial charge in [0.2, 0.25) is 0 Å². The lowest BCUT2D eigenvalue weighted by molar-refractivity contribution is -0.707. The fraction of sp³-hybridized carbons (Fsp3) is 0.611. The summed E-state index contributed by atoms with van der Waals surface area (Å²) in [7, 11) is 0. The minimum atomic E-state index is -0.0439. The van der Waals surface area contributed by atoms with Crippen LogP contribution in [0, 0.1) is 6.92 Å². The van der Waals surface area contributed by atoms with E-state index in [2.05, 4.69) is 26.6 Å². The molecule has 0 saturated heterocycles. The Morgan fingerprint density at radius 1 is 1.23 bits per heavy atom. The number of nitrogens with one attached hydrogen (secondary N) is 1. The molecule has 1 fully saturated rings. The molecular weight excluding hydrogens is 340 g/mol. The molecule has 1 aliphatic carbocycles. The number of quaternary nitrogens is 1. The van der Waals surface area contributed by atoms with Gasteiger partial charge in [-0.25, -0.2) is 0 Å². The van der Waals surface area contributed by atoms with Crippen LogP contribution in [0.2, 0.25) is 0 Å². The lowest BCUT2D eigenvalue weighted by Crippen LogP contribution is -2.96. The third kappa shape index (κ3) is 5.40. The smallest absolute Gasteiger partial charge is 0.282 e. The number of amides is 1. The van der Waals surface area contributed by atoms with Gasteiger partial charge in [0.25, 0.3) is 5.91 Å². The molecule has 1 atom stereocenters. The Hall–Kier alpha value is -0.870. The second kappa shape index (κ2) is 8.68. The number of carbonyl (C=O) groups is 1. The highest BCUT2D eigenvalue weighted by molar-refractivity contribution is 9.10. The van der Waals surface area contributed by atoms with Crippen molar-refractivity contribution in [3.05, 3.63) is 28.2 Å². The van der Waals surface area contributed by atoms with E-state index < -0.39 is 0 Å². The summed E-state index contributed by atoms with van der Waals surface area (Å²) in [5, 5.41) is 5.30. The molecule has 0 aliphatic heterocycles. The van der Waals surface area contributed by atoms with Gasteiger partial charge in [-0.1, -0.05) is 25.3 Å². The number of hydrogen-bond acceptors (Lipinski definition) is 1. The van der Waals surface area contributed by atoms with Crippen LogP contribution in [0.5, 0.6) is 0 Å². The van der Waals surface area contributed by atoms with E-state index in [-0.39, 0.29) is 11.9 Å². The van der Waals surface area contributed by atoms with E-state index in [9.17, 15) is 4.79 Å². The third-order valence-electron chi connectivity index (χ3n) is 4.51. The Morgan fingerprint density at radius 2 is 1.86 bits per heavy atom. The fourth-order valence-electron chi connectivity index (χ4n) is 3.14. The van der Waals surface area contributed by atoms with Gasteiger partial charge in [0.1, 0.15) is 0 Å². The first-order chi connectivity index (χ1) is 10.6. The predicted molar refractivity (Wildman–Crippen MR) is 95.0 cm³/mol. The number of hydrogen-bond donors (Lipinski definition) is 2. The molecule has 0 heterocycles. The molecule has 122 valence electrons. The van der Waals surface area contributed by atoms with E-state index in [1.165, 1.54) is 50.5 Å². The second-order valence-electron chi connectivity index (χ2n) is 6.56. The number of rotatable bonds is 4. The van der Waals surface area contributed by atoms with Crippen LogP contribution in [0.15, 0.2) is 22.7 Å². The van der Waals surface area contributed by atoms with E-state index in [1.807, 2.05) is 32.0 Å². The van der Waals surface area contributed by atoms with Crippen molar-refractivity contribution < 1.29 is 10.1 Å². The SMILES string of the molecule is Cc1ccc(NC(=O)[C@H](C)[NH2+]C2CCCCCCC2)c(Br)c1. The third-order valence-corrected chi connectivity index (χ3v) is 5.16. The summed E-state index contributed by atoms with van der Waals surface area (Å²) in [4.78, 5) is 12.4. The van der Waals surface area contributed by atoms with Gasteiger partial charge >= 0.3 is 0 Å². The minimum Gasteiger partial charge on any atom is -0.334 e. The van der Waals surface area contributed by atoms with Crippen molar-refractivity contribution in [1.82, 2.24) is 0 Å². The van der Waals surface area contributed by atoms with Gasteiger partial charge in [-0.2, -0.15) is 0 Å². The summed E-state index contributed by atoms with van der Waals surface area (Å²) in [5.41, 5.74) is 2.03. The monoisotopic (exact) mass is 367 g/mol. The van der Waals surface area contributed by atoms with E-state index in [0.717, 1.165) is 10.2 Å². The van der Waals surface area contributed by atoms with Gasteiger partial charge in [0.05, 0.1) is 11.7 Å². The number of carbonyl (C=O) groups excluding carboxylic acids is 1. The molecule has 0 spiro atoms. The molecule has 1 aromatic rings. The molecule has 2 rings (SSSR count). The van der Waals surface area contributed by atoms with Crippen LogP contribution in [0.1, 0.15) is 57.4 Å². The molecule has 4 heteroatoms. The summed E-state index contributed by atoms with van der Waals surface area (Å²) in [5.74, 6) is 0.0895. The van der Waals surface area contributed by atoms with E-state index in [0.29, 0.717) is 6.04 Å². The van der Waals surface area contributed by atoms with Crippen LogP contribution in [0.25, 0.3) is 0 Å². The Bertz CT molecular complexity index is 496. The number of anilines is 1. The number of halogens is 1. The molecule has 3 N–H and O–H groups in total. The zero-order valence-corrected chi connectivity index (χ0v) is 15.3. The first kappa shape index (κ1) is 17.5. The van der Waals surface area contributed by atoms with Crippen molar-refractivity contribution in [3.63, 3.8) is 0 Å². The number of benzene rings is 1. The first-order valence-corrected chi connectivity index (χ1v) is 9.27. The average molecular weight is 368 g/mol. The molecule has 1 saturated carbocycles. The van der Waals surface area contributed by atoms with Crippen molar-refractivity contribution >= 4 is 27.5 Å². The van der Waals surface area contributed by atoms with Crippen molar-refractivity contribution in [2.24, 2.45) is 0 Å². The van der Waals surface area contributed by atoms with Crippen LogP contribution in [0.4, 0.5) is 5.69 Å². The van der Waals surface area contributed by atoms with Crippen LogP contribution in [-0.4, -0.2) is 18.0 Å². The van der Waals surface area contributed by atoms with Crippen molar-refractivity contribution in [1.29, 1.82) is 0 Å². The maximum Gasteiger partial charge on any atom is 0.282 e. The van der Waals surface area contributed by atoms with Crippen LogP contribution >= 0.6 is 15.9 Å². The Morgan fingerprint density at radius 3 is 2.50 bits per heavy atom. The van der Waals surface area contributed by atoms with Crippen molar-refractivity contribution in [2.75, 3.05) is 5.32 Å². The molecule has 0 bridgehead atoms. The zero-order valence-electron chi connectivity index (χ0n) is 13.7. The van der Waals surface area contributed by atoms with Gasteiger partial charge in [0, 0.05) is 4.47 Å². The summed E-state index contributed by atoms with van der Waals surface area (Å²) in [6.07, 6.45) is 9.17. The van der Waals surface area contributed by atoms with Crippen LogP contribution < -0.4 is 10.6 Å². The number of nitrogens with two attached hydrogens (primary N) is 1. The van der Waals surface area contributed by atoms with E-state index in [4.69, 9.17) is 0 Å². The van der Waals surface area contributed by atoms with Gasteiger partial charge in [-0.05, 0) is 73.2 Å². The second-order valence-corrected chi connectivity index (χ2v) is 7.41. The maximum absolute atomic E-state index is 12.4. The minimum absolute atomic E-state index is 0.0439. The molecule has 0 unspecified atom stereocenters. The Labute approximate surface area is 142 Å². The molecule has 22 heavy (non-hydrogen) atoms. The quantitative estimate of drug-likeness (QED) is 0.835. The lowest BCUT2D eigenvalue weighted by atomic mass is 9.96. The molecule has 0 radical (unpaired) electrons. The van der Waals surface area contributed by atoms with Crippen LogP contribution in [-0.2, 0) is 4.79 Å². The maximum atomic E-state index is 12.4. The highest BCUT2D eigenvalue weighted by Crippen LogP contribution is 2.23. The largest absolute Gasteiger partial charge is 0.334 e. The van der Waals surface area contributed by atoms with E-state index in [1.54, 1.807) is 0 Å². The predicted octanol–water partition coefficient (Wildman–Crippen LogP) is 3.76. The zero-order chi connectivity index (χ0) is 15.9. The van der Waals surface area contributed by atoms with Gasteiger partial charge in [-0.3, -0.25) is 4.79 Å². The standard InChI is InChI=1S/C18H27BrN2O/c1-13-10-11-17(16(19)12-13)21-18(22)14(2)20-15-8-6-4-3-5-7-9-15/h10-12,14-15,20H,3-9H2,1-2H3,(H,21,22)/p+1/t14-/m0/s1. The summed E-state index contributed by atoms with van der Waals surface area (Å²) >= 11 is 3.52. The topological polar surface area (TPSA) is 45.7 Å². The van der Waals surface area contributed by atoms with Gasteiger partial charge in [-0.15, -0.1) is 0 Å². The molecule has 1 aromatic carbocycles. The van der Waals surface area contributed by atoms with Gasteiger partial charge < -0.3 is 10.6 Å². The molecule has 3 nitrogen and oxygen atoms in total. The molecule has 0 aromatic heterocycles. The van der Waals surface area contributed by atoms with Gasteiger partial charge in [0.15, 0.2) is 6.04 Å². The normalized spacial score (nSPS) is 18.3. The first-order valence-electron chi connectivity index (χ1n) is 8.48. The highest BCUT2D eigenvalue weighted by Gasteiger charge is 2.22. The van der Waals surface area contributed by atoms with E-state index >= 15 is 0 Å².